The highest BCUT2D eigenvalue weighted by Crippen LogP contribution is 2.43. The number of aryl methyl sites for hydroxylation is 2. The molecule has 1 aromatic carbocycles. The van der Waals surface area contributed by atoms with Crippen LogP contribution in [0.2, 0.25) is 0 Å². The number of aromatic nitrogens is 2. The van der Waals surface area contributed by atoms with Crippen LogP contribution in [-0.2, 0) is 16.6 Å². The van der Waals surface area contributed by atoms with Crippen LogP contribution in [0.5, 0.6) is 5.75 Å². The molecule has 24 heavy (non-hydrogen) atoms. The number of amides is 2. The van der Waals surface area contributed by atoms with Crippen molar-refractivity contribution in [1.82, 2.24) is 9.78 Å². The van der Waals surface area contributed by atoms with Crippen molar-refractivity contribution < 1.29 is 14.3 Å². The molecule has 0 aliphatic carbocycles. The van der Waals surface area contributed by atoms with Crippen LogP contribution in [0.1, 0.15) is 22.1 Å². The first-order valence-electron chi connectivity index (χ1n) is 7.41. The van der Waals surface area contributed by atoms with E-state index in [0.717, 1.165) is 22.6 Å². The van der Waals surface area contributed by atoms with E-state index < -0.39 is 5.91 Å². The van der Waals surface area contributed by atoms with Gasteiger partial charge >= 0.3 is 0 Å². The summed E-state index contributed by atoms with van der Waals surface area (Å²) in [5, 5.41) is 7.29. The molecule has 0 spiro atoms. The minimum absolute atomic E-state index is 0.0483. The van der Waals surface area contributed by atoms with Crippen molar-refractivity contribution in [2.75, 3.05) is 17.7 Å². The lowest BCUT2D eigenvalue weighted by Gasteiger charge is -2.16. The highest BCUT2D eigenvalue weighted by molar-refractivity contribution is 8.00. The lowest BCUT2D eigenvalue weighted by Crippen LogP contribution is -2.20. The molecule has 7 nitrogen and oxygen atoms in total. The maximum absolute atomic E-state index is 12.0. The Labute approximate surface area is 143 Å². The average molecular weight is 346 g/mol. The third-order valence-electron chi connectivity index (χ3n) is 3.71. The zero-order valence-corrected chi connectivity index (χ0v) is 14.2. The van der Waals surface area contributed by atoms with Crippen molar-refractivity contribution in [1.29, 1.82) is 0 Å². The summed E-state index contributed by atoms with van der Waals surface area (Å²) in [6.45, 7) is 1.76. The molecular formula is C16H18N4O3S. The Morgan fingerprint density at radius 2 is 2.33 bits per heavy atom. The standard InChI is InChI=1S/C16H18N4O3S/c1-9-14-15(24-8-13(22)18-16(14)20(2)19-9)10-4-3-5-11(6-10)23-7-12(17)21/h3-6,15H,7-8H2,1-2H3,(H2,17,21)(H,18,22). The Hall–Kier alpha value is -2.48. The molecule has 2 heterocycles. The third-order valence-corrected chi connectivity index (χ3v) is 4.98. The minimum atomic E-state index is -0.524. The van der Waals surface area contributed by atoms with Crippen LogP contribution in [0, 0.1) is 6.92 Å². The van der Waals surface area contributed by atoms with Gasteiger partial charge in [0, 0.05) is 12.6 Å². The van der Waals surface area contributed by atoms with E-state index in [0.29, 0.717) is 11.5 Å². The lowest BCUT2D eigenvalue weighted by molar-refractivity contribution is -0.120. The molecule has 1 aliphatic rings. The molecule has 0 bridgehead atoms. The summed E-state index contributed by atoms with van der Waals surface area (Å²) >= 11 is 1.54. The molecule has 0 saturated heterocycles. The topological polar surface area (TPSA) is 99.2 Å². The quantitative estimate of drug-likeness (QED) is 0.871. The monoisotopic (exact) mass is 346 g/mol. The number of ether oxygens (including phenoxy) is 1. The summed E-state index contributed by atoms with van der Waals surface area (Å²) in [5.41, 5.74) is 7.96. The van der Waals surface area contributed by atoms with Crippen LogP contribution in [0.3, 0.4) is 0 Å². The zero-order valence-electron chi connectivity index (χ0n) is 13.4. The van der Waals surface area contributed by atoms with Crippen molar-refractivity contribution in [3.63, 3.8) is 0 Å². The Morgan fingerprint density at radius 1 is 1.54 bits per heavy atom. The van der Waals surface area contributed by atoms with E-state index in [2.05, 4.69) is 10.4 Å². The van der Waals surface area contributed by atoms with Gasteiger partial charge in [-0.15, -0.1) is 11.8 Å². The fraction of sp³-hybridized carbons (Fsp3) is 0.312. The molecule has 1 unspecified atom stereocenters. The molecule has 2 amide bonds. The largest absolute Gasteiger partial charge is 0.484 e. The van der Waals surface area contributed by atoms with Crippen LogP contribution in [0.15, 0.2) is 24.3 Å². The fourth-order valence-corrected chi connectivity index (χ4v) is 3.91. The van der Waals surface area contributed by atoms with Gasteiger partial charge in [0.25, 0.3) is 5.91 Å². The number of hydrogen-bond donors (Lipinski definition) is 2. The molecule has 0 fully saturated rings. The second kappa shape index (κ2) is 6.56. The molecule has 0 radical (unpaired) electrons. The maximum Gasteiger partial charge on any atom is 0.255 e. The highest BCUT2D eigenvalue weighted by Gasteiger charge is 2.29. The first kappa shape index (κ1) is 16.4. The minimum Gasteiger partial charge on any atom is -0.484 e. The molecule has 1 aliphatic heterocycles. The first-order chi connectivity index (χ1) is 11.5. The zero-order chi connectivity index (χ0) is 17.3. The average Bonchev–Trinajstić information content (AvgIpc) is 2.72. The number of primary amides is 1. The summed E-state index contributed by atoms with van der Waals surface area (Å²) in [6.07, 6.45) is 0. The van der Waals surface area contributed by atoms with Gasteiger partial charge in [-0.1, -0.05) is 12.1 Å². The second-order valence-corrected chi connectivity index (χ2v) is 6.63. The summed E-state index contributed by atoms with van der Waals surface area (Å²) in [6, 6.07) is 7.47. The number of benzene rings is 1. The number of nitrogens with one attached hydrogen (secondary N) is 1. The second-order valence-electron chi connectivity index (χ2n) is 5.54. The van der Waals surface area contributed by atoms with Crippen LogP contribution in [0.4, 0.5) is 5.82 Å². The predicted molar refractivity (Wildman–Crippen MR) is 92.0 cm³/mol. The fourth-order valence-electron chi connectivity index (χ4n) is 2.73. The van der Waals surface area contributed by atoms with E-state index in [9.17, 15) is 9.59 Å². The van der Waals surface area contributed by atoms with Gasteiger partial charge in [-0.3, -0.25) is 14.3 Å². The maximum atomic E-state index is 12.0. The number of anilines is 1. The van der Waals surface area contributed by atoms with Gasteiger partial charge < -0.3 is 15.8 Å². The van der Waals surface area contributed by atoms with Gasteiger partial charge in [0.15, 0.2) is 6.61 Å². The molecular weight excluding hydrogens is 328 g/mol. The SMILES string of the molecule is Cc1nn(C)c2c1C(c1cccc(OCC(N)=O)c1)SCC(=O)N2. The summed E-state index contributed by atoms with van der Waals surface area (Å²) in [7, 11) is 1.81. The van der Waals surface area contributed by atoms with Crippen LogP contribution < -0.4 is 15.8 Å². The van der Waals surface area contributed by atoms with Crippen molar-refractivity contribution in [3.8, 4) is 5.75 Å². The van der Waals surface area contributed by atoms with Gasteiger partial charge in [0.2, 0.25) is 5.91 Å². The smallest absolute Gasteiger partial charge is 0.255 e. The summed E-state index contributed by atoms with van der Waals surface area (Å²) in [5.74, 6) is 1.07. The van der Waals surface area contributed by atoms with Gasteiger partial charge in [-0.05, 0) is 24.6 Å². The number of hydrogen-bond acceptors (Lipinski definition) is 5. The normalized spacial score (nSPS) is 16.9. The highest BCUT2D eigenvalue weighted by atomic mass is 32.2. The van der Waals surface area contributed by atoms with E-state index in [-0.39, 0.29) is 17.8 Å². The van der Waals surface area contributed by atoms with Gasteiger partial charge in [-0.25, -0.2) is 0 Å². The van der Waals surface area contributed by atoms with Crippen LogP contribution in [0.25, 0.3) is 0 Å². The Balaban J connectivity index is 1.99. The number of thioether (sulfide) groups is 1. The van der Waals surface area contributed by atoms with Crippen LogP contribution in [-0.4, -0.2) is 34.0 Å². The van der Waals surface area contributed by atoms with E-state index in [1.165, 1.54) is 11.8 Å². The molecule has 8 heteroatoms. The summed E-state index contributed by atoms with van der Waals surface area (Å²) < 4.78 is 7.08. The molecule has 3 rings (SSSR count). The first-order valence-corrected chi connectivity index (χ1v) is 8.46. The Bertz CT molecular complexity index is 803. The van der Waals surface area contributed by atoms with Gasteiger partial charge in [-0.2, -0.15) is 5.10 Å². The Morgan fingerprint density at radius 3 is 3.08 bits per heavy atom. The van der Waals surface area contributed by atoms with Crippen molar-refractivity contribution in [2.24, 2.45) is 12.8 Å². The molecule has 3 N–H and O–H groups in total. The number of rotatable bonds is 4. The lowest BCUT2D eigenvalue weighted by atomic mass is 10.0. The van der Waals surface area contributed by atoms with Crippen molar-refractivity contribution in [3.05, 3.63) is 41.1 Å². The molecule has 1 atom stereocenters. The van der Waals surface area contributed by atoms with E-state index in [1.54, 1.807) is 10.7 Å². The van der Waals surface area contributed by atoms with Gasteiger partial charge in [0.1, 0.15) is 11.6 Å². The third kappa shape index (κ3) is 3.23. The van der Waals surface area contributed by atoms with E-state index >= 15 is 0 Å². The number of nitrogens with zero attached hydrogens (tertiary/aromatic N) is 2. The number of nitrogens with two attached hydrogens (primary N) is 1. The van der Waals surface area contributed by atoms with Crippen molar-refractivity contribution >= 4 is 29.4 Å². The summed E-state index contributed by atoms with van der Waals surface area (Å²) in [4.78, 5) is 22.9. The number of carbonyl (C=O) groups excluding carboxylic acids is 2. The van der Waals surface area contributed by atoms with Crippen LogP contribution >= 0.6 is 11.8 Å². The van der Waals surface area contributed by atoms with Gasteiger partial charge in [0.05, 0.1) is 16.7 Å². The predicted octanol–water partition coefficient (Wildman–Crippen LogP) is 1.37. The van der Waals surface area contributed by atoms with E-state index in [1.807, 2.05) is 32.2 Å². The number of fused-ring (bicyclic) bond motifs is 1. The molecule has 2 aromatic rings. The van der Waals surface area contributed by atoms with E-state index in [4.69, 9.17) is 10.5 Å². The molecule has 1 aromatic heterocycles. The van der Waals surface area contributed by atoms with Crippen molar-refractivity contribution in [2.45, 2.75) is 12.2 Å². The Kier molecular flexibility index (Phi) is 4.48. The number of carbonyl (C=O) groups is 2. The molecule has 0 saturated carbocycles. The molecule has 126 valence electrons.